The van der Waals surface area contributed by atoms with Crippen molar-refractivity contribution in [2.75, 3.05) is 19.6 Å². The Morgan fingerprint density at radius 2 is 1.77 bits per heavy atom. The lowest BCUT2D eigenvalue weighted by Crippen LogP contribution is -2.51. The quantitative estimate of drug-likeness (QED) is 0.798. The molecule has 9 heteroatoms. The van der Waals surface area contributed by atoms with Crippen molar-refractivity contribution in [1.82, 2.24) is 14.3 Å². The predicted molar refractivity (Wildman–Crippen MR) is 77.5 cm³/mol. The molecule has 130 valence electrons. The molecule has 0 aromatic rings. The number of alkyl halides is 3. The Morgan fingerprint density at radius 1 is 1.14 bits per heavy atom. The Kier molecular flexibility index (Phi) is 5.73. The van der Waals surface area contributed by atoms with Gasteiger partial charge in [0.15, 0.2) is 0 Å². The zero-order valence-electron chi connectivity index (χ0n) is 12.7. The molecule has 0 aromatic carbocycles. The average Bonchev–Trinajstić information content (AvgIpc) is 2.82. The van der Waals surface area contributed by atoms with E-state index in [1.807, 2.05) is 0 Å². The zero-order chi connectivity index (χ0) is 16.4. The highest BCUT2D eigenvalue weighted by molar-refractivity contribution is 7.87. The Bertz CT molecular complexity index is 462. The van der Waals surface area contributed by atoms with E-state index >= 15 is 0 Å². The summed E-state index contributed by atoms with van der Waals surface area (Å²) in [4.78, 5) is 0. The number of rotatable bonds is 5. The maximum Gasteiger partial charge on any atom is 0.402 e. The van der Waals surface area contributed by atoms with Crippen LogP contribution >= 0.6 is 0 Å². The first-order valence-corrected chi connectivity index (χ1v) is 9.19. The minimum absolute atomic E-state index is 0.250. The number of nitrogens with one attached hydrogen (secondary N) is 2. The minimum atomic E-state index is -4.54. The van der Waals surface area contributed by atoms with Crippen LogP contribution in [0, 0.1) is 5.92 Å². The van der Waals surface area contributed by atoms with Crippen molar-refractivity contribution >= 4 is 10.2 Å². The summed E-state index contributed by atoms with van der Waals surface area (Å²) in [5.74, 6) is 0.634. The molecule has 2 aliphatic rings. The highest BCUT2D eigenvalue weighted by Gasteiger charge is 2.34. The second-order valence-electron chi connectivity index (χ2n) is 6.30. The van der Waals surface area contributed by atoms with Gasteiger partial charge in [-0.2, -0.15) is 30.6 Å². The number of piperidine rings is 1. The molecule has 0 bridgehead atoms. The van der Waals surface area contributed by atoms with Gasteiger partial charge in [-0.15, -0.1) is 0 Å². The predicted octanol–water partition coefficient (Wildman–Crippen LogP) is 1.63. The van der Waals surface area contributed by atoms with E-state index in [0.717, 1.165) is 10.7 Å². The molecule has 1 heterocycles. The van der Waals surface area contributed by atoms with Crippen LogP contribution in [0.3, 0.4) is 0 Å². The number of nitrogens with zero attached hydrogens (tertiary/aromatic N) is 1. The summed E-state index contributed by atoms with van der Waals surface area (Å²) in [7, 11) is -4.04. The molecule has 0 amide bonds. The fourth-order valence-electron chi connectivity index (χ4n) is 3.22. The van der Waals surface area contributed by atoms with Crippen LogP contribution in [0.5, 0.6) is 0 Å². The molecule has 1 aliphatic heterocycles. The summed E-state index contributed by atoms with van der Waals surface area (Å²) < 4.78 is 62.8. The molecule has 1 aliphatic carbocycles. The van der Waals surface area contributed by atoms with E-state index in [0.29, 0.717) is 24.8 Å². The molecule has 2 atom stereocenters. The van der Waals surface area contributed by atoms with Gasteiger partial charge < -0.3 is 5.32 Å². The summed E-state index contributed by atoms with van der Waals surface area (Å²) in [6.07, 6.45) is 0.310. The third-order valence-corrected chi connectivity index (χ3v) is 6.11. The minimum Gasteiger partial charge on any atom is -0.311 e. The van der Waals surface area contributed by atoms with Crippen molar-refractivity contribution in [1.29, 1.82) is 0 Å². The van der Waals surface area contributed by atoms with Crippen molar-refractivity contribution in [3.63, 3.8) is 0 Å². The van der Waals surface area contributed by atoms with Gasteiger partial charge in [0, 0.05) is 25.2 Å². The largest absolute Gasteiger partial charge is 0.402 e. The highest BCUT2D eigenvalue weighted by Crippen LogP contribution is 2.26. The molecule has 0 radical (unpaired) electrons. The fraction of sp³-hybridized carbons (Fsp3) is 1.00. The van der Waals surface area contributed by atoms with Gasteiger partial charge in [0.2, 0.25) is 0 Å². The Hall–Kier alpha value is -0.380. The molecule has 0 spiro atoms. The van der Waals surface area contributed by atoms with Gasteiger partial charge >= 0.3 is 6.18 Å². The fourth-order valence-corrected chi connectivity index (χ4v) is 4.44. The Balaban J connectivity index is 1.78. The van der Waals surface area contributed by atoms with Gasteiger partial charge in [0.1, 0.15) is 6.54 Å². The molecule has 0 aromatic heterocycles. The molecule has 1 saturated carbocycles. The van der Waals surface area contributed by atoms with Crippen LogP contribution in [0.4, 0.5) is 13.2 Å². The molecular weight excluding hydrogens is 319 g/mol. The van der Waals surface area contributed by atoms with Crippen LogP contribution in [-0.4, -0.2) is 50.6 Å². The lowest BCUT2D eigenvalue weighted by molar-refractivity contribution is -0.121. The maximum atomic E-state index is 12.1. The van der Waals surface area contributed by atoms with Gasteiger partial charge in [0.25, 0.3) is 10.2 Å². The summed E-state index contributed by atoms with van der Waals surface area (Å²) in [6, 6.07) is 0.733. The van der Waals surface area contributed by atoms with Crippen molar-refractivity contribution < 1.29 is 21.6 Å². The van der Waals surface area contributed by atoms with Crippen LogP contribution in [0.2, 0.25) is 0 Å². The Labute approximate surface area is 129 Å². The average molecular weight is 343 g/mol. The molecule has 2 rings (SSSR count). The van der Waals surface area contributed by atoms with Crippen LogP contribution in [0.25, 0.3) is 0 Å². The van der Waals surface area contributed by atoms with Crippen LogP contribution in [0.15, 0.2) is 0 Å². The molecule has 2 N–H and O–H groups in total. The third-order valence-electron chi connectivity index (χ3n) is 4.56. The lowest BCUT2D eigenvalue weighted by atomic mass is 10.0. The highest BCUT2D eigenvalue weighted by atomic mass is 32.2. The second kappa shape index (κ2) is 7.02. The standard InChI is InChI=1S/C13H24F3N3O2S/c1-10-3-2-4-12(10)18-11-5-7-19(8-6-11)22(20,21)17-9-13(14,15)16/h10-12,17-18H,2-9H2,1H3/t10-,12-/m1/s1. The van der Waals surface area contributed by atoms with E-state index < -0.39 is 22.9 Å². The van der Waals surface area contributed by atoms with Crippen molar-refractivity contribution in [3.8, 4) is 0 Å². The van der Waals surface area contributed by atoms with E-state index in [1.54, 1.807) is 4.72 Å². The topological polar surface area (TPSA) is 61.4 Å². The van der Waals surface area contributed by atoms with Gasteiger partial charge in [-0.3, -0.25) is 0 Å². The number of hydrogen-bond acceptors (Lipinski definition) is 3. The van der Waals surface area contributed by atoms with Crippen LogP contribution < -0.4 is 10.0 Å². The van der Waals surface area contributed by atoms with Gasteiger partial charge in [0.05, 0.1) is 0 Å². The van der Waals surface area contributed by atoms with E-state index in [4.69, 9.17) is 0 Å². The van der Waals surface area contributed by atoms with Crippen molar-refractivity contribution in [2.45, 2.75) is 57.3 Å². The molecular formula is C13H24F3N3O2S. The lowest BCUT2D eigenvalue weighted by Gasteiger charge is -2.34. The Morgan fingerprint density at radius 3 is 2.27 bits per heavy atom. The first-order chi connectivity index (χ1) is 10.2. The SMILES string of the molecule is C[C@@H]1CCC[C@H]1NC1CCN(S(=O)(=O)NCC(F)(F)F)CC1. The summed E-state index contributed by atoms with van der Waals surface area (Å²) in [5.41, 5.74) is 0. The molecule has 5 nitrogen and oxygen atoms in total. The van der Waals surface area contributed by atoms with Crippen molar-refractivity contribution in [2.24, 2.45) is 5.92 Å². The number of halogens is 3. The smallest absolute Gasteiger partial charge is 0.311 e. The molecule has 0 unspecified atom stereocenters. The van der Waals surface area contributed by atoms with E-state index in [9.17, 15) is 21.6 Å². The number of hydrogen-bond donors (Lipinski definition) is 2. The molecule has 22 heavy (non-hydrogen) atoms. The van der Waals surface area contributed by atoms with E-state index in [1.165, 1.54) is 12.8 Å². The first kappa shape index (κ1) is 18.0. The van der Waals surface area contributed by atoms with Crippen LogP contribution in [-0.2, 0) is 10.2 Å². The van der Waals surface area contributed by atoms with Gasteiger partial charge in [-0.1, -0.05) is 13.3 Å². The monoisotopic (exact) mass is 343 g/mol. The van der Waals surface area contributed by atoms with Gasteiger partial charge in [-0.25, -0.2) is 0 Å². The van der Waals surface area contributed by atoms with E-state index in [-0.39, 0.29) is 19.1 Å². The molecule has 2 fully saturated rings. The summed E-state index contributed by atoms with van der Waals surface area (Å²) in [5, 5.41) is 3.57. The first-order valence-electron chi connectivity index (χ1n) is 7.75. The molecule has 1 saturated heterocycles. The third kappa shape index (κ3) is 5.07. The zero-order valence-corrected chi connectivity index (χ0v) is 13.5. The maximum absolute atomic E-state index is 12.1. The van der Waals surface area contributed by atoms with Crippen molar-refractivity contribution in [3.05, 3.63) is 0 Å². The summed E-state index contributed by atoms with van der Waals surface area (Å²) in [6.45, 7) is 1.20. The van der Waals surface area contributed by atoms with Gasteiger partial charge in [-0.05, 0) is 31.6 Å². The van der Waals surface area contributed by atoms with Crippen LogP contribution in [0.1, 0.15) is 39.0 Å². The van der Waals surface area contributed by atoms with E-state index in [2.05, 4.69) is 12.2 Å². The normalized spacial score (nSPS) is 29.1. The summed E-state index contributed by atoms with van der Waals surface area (Å²) >= 11 is 0. The second-order valence-corrected chi connectivity index (χ2v) is 8.05.